The molecule has 0 saturated carbocycles. The van der Waals surface area contributed by atoms with Crippen LogP contribution in [0.3, 0.4) is 0 Å². The van der Waals surface area contributed by atoms with E-state index < -0.39 is 11.9 Å². The second kappa shape index (κ2) is 14.4. The number of hydrogen-bond donors (Lipinski definition) is 2. The van der Waals surface area contributed by atoms with Crippen molar-refractivity contribution in [3.05, 3.63) is 58.1 Å². The Morgan fingerprint density at radius 2 is 1.57 bits per heavy atom. The normalized spacial score (nSPS) is 12.6. The van der Waals surface area contributed by atoms with Crippen LogP contribution < -0.4 is 9.47 Å². The number of rotatable bonds is 16. The largest absolute Gasteiger partial charge is 0.493 e. The first-order valence-electron chi connectivity index (χ1n) is 13.4. The molecule has 0 amide bonds. The zero-order chi connectivity index (χ0) is 26.6. The van der Waals surface area contributed by atoms with Crippen LogP contribution in [0.5, 0.6) is 11.5 Å². The molecule has 2 N–H and O–H groups in total. The van der Waals surface area contributed by atoms with Gasteiger partial charge in [0.15, 0.2) is 5.78 Å². The summed E-state index contributed by atoms with van der Waals surface area (Å²) in [7, 11) is 0. The monoisotopic (exact) mass is 510 g/mol. The molecule has 0 saturated heterocycles. The maximum absolute atomic E-state index is 12.2. The summed E-state index contributed by atoms with van der Waals surface area (Å²) in [6.07, 6.45) is 7.83. The average molecular weight is 511 g/mol. The van der Waals surface area contributed by atoms with E-state index in [0.717, 1.165) is 72.9 Å². The topological polar surface area (TPSA) is 110 Å². The van der Waals surface area contributed by atoms with Gasteiger partial charge in [0.1, 0.15) is 11.5 Å². The summed E-state index contributed by atoms with van der Waals surface area (Å²) in [6, 6.07) is 9.59. The van der Waals surface area contributed by atoms with Crippen LogP contribution in [0.25, 0.3) is 0 Å². The quantitative estimate of drug-likeness (QED) is 0.274. The van der Waals surface area contributed by atoms with Crippen LogP contribution in [0, 0.1) is 0 Å². The van der Waals surface area contributed by atoms with Crippen molar-refractivity contribution in [3.63, 3.8) is 0 Å². The van der Waals surface area contributed by atoms with Gasteiger partial charge in [-0.15, -0.1) is 0 Å². The molecule has 0 aliphatic carbocycles. The molecule has 1 aliphatic heterocycles. The minimum absolute atomic E-state index is 0.0378. The number of carbonyl (C=O) groups excluding carboxylic acids is 1. The Labute approximate surface area is 218 Å². The molecule has 37 heavy (non-hydrogen) atoms. The maximum Gasteiger partial charge on any atom is 0.303 e. The van der Waals surface area contributed by atoms with Gasteiger partial charge in [-0.1, -0.05) is 44.4 Å². The van der Waals surface area contributed by atoms with Crippen molar-refractivity contribution in [1.29, 1.82) is 0 Å². The van der Waals surface area contributed by atoms with Crippen molar-refractivity contribution in [1.82, 2.24) is 0 Å². The van der Waals surface area contributed by atoms with Gasteiger partial charge in [-0.2, -0.15) is 0 Å². The number of carbonyl (C=O) groups is 3. The Hall–Kier alpha value is -3.35. The Morgan fingerprint density at radius 3 is 2.30 bits per heavy atom. The third-order valence-electron chi connectivity index (χ3n) is 6.76. The molecule has 2 aromatic rings. The van der Waals surface area contributed by atoms with Crippen LogP contribution in [0.4, 0.5) is 0 Å². The molecule has 1 aliphatic rings. The maximum atomic E-state index is 12.2. The molecule has 0 fully saturated rings. The third kappa shape index (κ3) is 8.34. The van der Waals surface area contributed by atoms with E-state index in [-0.39, 0.29) is 18.6 Å². The molecular formula is C30H38O7. The highest BCUT2D eigenvalue weighted by atomic mass is 16.5. The fourth-order valence-electron chi connectivity index (χ4n) is 4.90. The Morgan fingerprint density at radius 1 is 0.865 bits per heavy atom. The summed E-state index contributed by atoms with van der Waals surface area (Å²) in [5.41, 5.74) is 4.70. The second-order valence-corrected chi connectivity index (χ2v) is 9.55. The molecule has 0 unspecified atom stereocenters. The number of aryl methyl sites for hydroxylation is 2. The molecule has 0 bridgehead atoms. The predicted octanol–water partition coefficient (Wildman–Crippen LogP) is 5.82. The lowest BCUT2D eigenvalue weighted by Crippen LogP contribution is -2.17. The van der Waals surface area contributed by atoms with Crippen molar-refractivity contribution in [2.75, 3.05) is 13.2 Å². The van der Waals surface area contributed by atoms with Crippen LogP contribution in [-0.2, 0) is 35.3 Å². The second-order valence-electron chi connectivity index (χ2n) is 9.55. The summed E-state index contributed by atoms with van der Waals surface area (Å²) >= 11 is 0. The Balaban J connectivity index is 1.49. The standard InChI is InChI=1S/C30H38O7/c1-2-8-25-27(15-13-24-26(31)18-20-37-30(24)25)36-19-6-4-3-5-9-21-10-7-11-22(12-16-28(32)33)23(21)14-17-29(34)35/h7,10-11,13,15H,2-6,8-9,12,14,16-20H2,1H3,(H,32,33)(H,34,35). The van der Waals surface area contributed by atoms with Crippen molar-refractivity contribution >= 4 is 17.7 Å². The molecule has 0 radical (unpaired) electrons. The van der Waals surface area contributed by atoms with Gasteiger partial charge in [-0.05, 0) is 67.3 Å². The molecule has 0 aromatic heterocycles. The first kappa shape index (κ1) is 28.2. The Kier molecular flexibility index (Phi) is 11.0. The molecular weight excluding hydrogens is 472 g/mol. The van der Waals surface area contributed by atoms with Crippen molar-refractivity contribution in [2.24, 2.45) is 0 Å². The number of carboxylic acids is 2. The molecule has 3 rings (SSSR count). The number of aliphatic carboxylic acids is 2. The first-order valence-corrected chi connectivity index (χ1v) is 13.4. The average Bonchev–Trinajstić information content (AvgIpc) is 2.87. The van der Waals surface area contributed by atoms with Gasteiger partial charge in [-0.25, -0.2) is 0 Å². The van der Waals surface area contributed by atoms with Gasteiger partial charge in [0.05, 0.1) is 18.8 Å². The van der Waals surface area contributed by atoms with Crippen LogP contribution in [0.1, 0.15) is 90.9 Å². The van der Waals surface area contributed by atoms with Gasteiger partial charge in [0, 0.05) is 24.8 Å². The Bertz CT molecular complexity index is 1090. The molecule has 2 aromatic carbocycles. The smallest absolute Gasteiger partial charge is 0.303 e. The lowest BCUT2D eigenvalue weighted by molar-refractivity contribution is -0.138. The summed E-state index contributed by atoms with van der Waals surface area (Å²) < 4.78 is 11.9. The number of fused-ring (bicyclic) bond motifs is 1. The molecule has 200 valence electrons. The fourth-order valence-corrected chi connectivity index (χ4v) is 4.90. The number of carboxylic acid groups (broad SMARTS) is 2. The van der Waals surface area contributed by atoms with Crippen LogP contribution >= 0.6 is 0 Å². The number of benzene rings is 2. The number of Topliss-reactive ketones (excluding diaryl/α,β-unsaturated/α-hetero) is 1. The van der Waals surface area contributed by atoms with Gasteiger partial charge in [0.25, 0.3) is 0 Å². The van der Waals surface area contributed by atoms with Crippen LogP contribution in [0.15, 0.2) is 30.3 Å². The van der Waals surface area contributed by atoms with Crippen LogP contribution in [-0.4, -0.2) is 41.1 Å². The number of ketones is 1. The summed E-state index contributed by atoms with van der Waals surface area (Å²) in [4.78, 5) is 34.4. The third-order valence-corrected chi connectivity index (χ3v) is 6.76. The van der Waals surface area contributed by atoms with E-state index in [2.05, 4.69) is 6.92 Å². The minimum atomic E-state index is -0.852. The first-order chi connectivity index (χ1) is 17.9. The number of hydrogen-bond acceptors (Lipinski definition) is 5. The minimum Gasteiger partial charge on any atom is -0.493 e. The summed E-state index contributed by atoms with van der Waals surface area (Å²) in [5.74, 6) is -0.0756. The molecule has 7 nitrogen and oxygen atoms in total. The molecule has 1 heterocycles. The van der Waals surface area contributed by atoms with Crippen molar-refractivity contribution < 1.29 is 34.1 Å². The van der Waals surface area contributed by atoms with Crippen molar-refractivity contribution in [2.45, 2.75) is 84.0 Å². The van der Waals surface area contributed by atoms with Gasteiger partial charge < -0.3 is 19.7 Å². The highest BCUT2D eigenvalue weighted by Crippen LogP contribution is 2.36. The lowest BCUT2D eigenvalue weighted by atomic mass is 9.91. The van der Waals surface area contributed by atoms with E-state index in [1.165, 1.54) is 0 Å². The molecule has 0 spiro atoms. The predicted molar refractivity (Wildman–Crippen MR) is 141 cm³/mol. The zero-order valence-electron chi connectivity index (χ0n) is 21.7. The fraction of sp³-hybridized carbons (Fsp3) is 0.500. The SMILES string of the molecule is CCCc1c(OCCCCCCc2cccc(CCC(=O)O)c2CCC(=O)O)ccc2c1OCCC2=O. The molecule has 0 atom stereocenters. The van der Waals surface area contributed by atoms with E-state index in [9.17, 15) is 14.4 Å². The highest BCUT2D eigenvalue weighted by Gasteiger charge is 2.23. The van der Waals surface area contributed by atoms with Crippen molar-refractivity contribution in [3.8, 4) is 11.5 Å². The molecule has 7 heteroatoms. The van der Waals surface area contributed by atoms with Crippen LogP contribution in [0.2, 0.25) is 0 Å². The van der Waals surface area contributed by atoms with Gasteiger partial charge in [0.2, 0.25) is 0 Å². The number of ether oxygens (including phenoxy) is 2. The van der Waals surface area contributed by atoms with E-state index >= 15 is 0 Å². The summed E-state index contributed by atoms with van der Waals surface area (Å²) in [5, 5.41) is 18.2. The van der Waals surface area contributed by atoms with E-state index in [0.29, 0.717) is 43.8 Å². The highest BCUT2D eigenvalue weighted by molar-refractivity contribution is 6.00. The lowest BCUT2D eigenvalue weighted by Gasteiger charge is -2.22. The zero-order valence-corrected chi connectivity index (χ0v) is 21.7. The number of unbranched alkanes of at least 4 members (excludes halogenated alkanes) is 3. The van der Waals surface area contributed by atoms with Gasteiger partial charge in [-0.3, -0.25) is 14.4 Å². The van der Waals surface area contributed by atoms with Gasteiger partial charge >= 0.3 is 11.9 Å². The van der Waals surface area contributed by atoms with E-state index in [1.807, 2.05) is 30.3 Å². The van der Waals surface area contributed by atoms with E-state index in [4.69, 9.17) is 19.7 Å². The van der Waals surface area contributed by atoms with E-state index in [1.54, 1.807) is 0 Å². The summed E-state index contributed by atoms with van der Waals surface area (Å²) in [6.45, 7) is 3.12.